The summed E-state index contributed by atoms with van der Waals surface area (Å²) in [5, 5.41) is 6.97. The normalized spacial score (nSPS) is 10.5. The van der Waals surface area contributed by atoms with Crippen LogP contribution in [0.4, 0.5) is 5.69 Å². The first-order valence-corrected chi connectivity index (χ1v) is 9.67. The first-order chi connectivity index (χ1) is 15.0. The van der Waals surface area contributed by atoms with Crippen molar-refractivity contribution in [3.8, 4) is 11.5 Å². The minimum atomic E-state index is -0.894. The number of anilines is 1. The van der Waals surface area contributed by atoms with E-state index in [-0.39, 0.29) is 0 Å². The molecule has 0 aliphatic rings. The minimum absolute atomic E-state index is 0.388. The topological polar surface area (TPSA) is 89.0 Å². The Bertz CT molecular complexity index is 1080. The molecule has 0 saturated heterocycles. The third-order valence-electron chi connectivity index (χ3n) is 4.09. The van der Waals surface area contributed by atoms with E-state index in [2.05, 4.69) is 15.8 Å². The summed E-state index contributed by atoms with van der Waals surface area (Å²) >= 11 is 5.88. The van der Waals surface area contributed by atoms with Crippen LogP contribution in [0.2, 0.25) is 5.02 Å². The molecule has 0 bridgehead atoms. The number of carbonyl (C=O) groups excluding carboxylic acids is 2. The highest BCUT2D eigenvalue weighted by atomic mass is 35.5. The maximum Gasteiger partial charge on any atom is 0.329 e. The van der Waals surface area contributed by atoms with Gasteiger partial charge in [-0.15, -0.1) is 0 Å². The van der Waals surface area contributed by atoms with Gasteiger partial charge in [-0.05, 0) is 47.5 Å². The van der Waals surface area contributed by atoms with Gasteiger partial charge in [0.1, 0.15) is 18.1 Å². The predicted octanol–water partition coefficient (Wildman–Crippen LogP) is 4.02. The number of methoxy groups -OCH3 is 1. The van der Waals surface area contributed by atoms with E-state index in [9.17, 15) is 9.59 Å². The number of amides is 2. The lowest BCUT2D eigenvalue weighted by molar-refractivity contribution is -0.136. The number of hydrazone groups is 1. The van der Waals surface area contributed by atoms with Crippen LogP contribution in [-0.2, 0) is 16.2 Å². The van der Waals surface area contributed by atoms with Gasteiger partial charge in [0.2, 0.25) is 0 Å². The zero-order valence-electron chi connectivity index (χ0n) is 16.7. The minimum Gasteiger partial charge on any atom is -0.497 e. The van der Waals surface area contributed by atoms with E-state index in [0.717, 1.165) is 5.56 Å². The summed E-state index contributed by atoms with van der Waals surface area (Å²) in [6.07, 6.45) is 1.42. The van der Waals surface area contributed by atoms with Gasteiger partial charge in [0.15, 0.2) is 0 Å². The van der Waals surface area contributed by atoms with Crippen LogP contribution in [0.3, 0.4) is 0 Å². The molecule has 0 atom stereocenters. The second-order valence-corrected chi connectivity index (χ2v) is 6.81. The van der Waals surface area contributed by atoms with Crippen molar-refractivity contribution in [2.45, 2.75) is 6.61 Å². The zero-order chi connectivity index (χ0) is 22.1. The second kappa shape index (κ2) is 10.8. The van der Waals surface area contributed by atoms with Crippen molar-refractivity contribution in [1.82, 2.24) is 5.43 Å². The third kappa shape index (κ3) is 6.87. The average Bonchev–Trinajstić information content (AvgIpc) is 2.79. The molecule has 0 aromatic heterocycles. The number of nitrogens with zero attached hydrogens (tertiary/aromatic N) is 1. The van der Waals surface area contributed by atoms with Crippen LogP contribution in [0.25, 0.3) is 0 Å². The number of carbonyl (C=O) groups is 2. The maximum atomic E-state index is 12.0. The van der Waals surface area contributed by atoms with Crippen molar-refractivity contribution < 1.29 is 19.1 Å². The van der Waals surface area contributed by atoms with Gasteiger partial charge in [0.25, 0.3) is 0 Å². The van der Waals surface area contributed by atoms with Gasteiger partial charge in [0, 0.05) is 16.8 Å². The van der Waals surface area contributed by atoms with Crippen molar-refractivity contribution >= 4 is 35.3 Å². The fourth-order valence-electron chi connectivity index (χ4n) is 2.54. The molecular formula is C23H20ClN3O4. The summed E-state index contributed by atoms with van der Waals surface area (Å²) in [7, 11) is 1.51. The summed E-state index contributed by atoms with van der Waals surface area (Å²) in [6.45, 7) is 0.388. The van der Waals surface area contributed by atoms with Gasteiger partial charge in [-0.1, -0.05) is 41.9 Å². The summed E-state index contributed by atoms with van der Waals surface area (Å²) in [5.41, 5.74) is 4.32. The average molecular weight is 438 g/mol. The van der Waals surface area contributed by atoms with Gasteiger partial charge in [-0.25, -0.2) is 5.43 Å². The highest BCUT2D eigenvalue weighted by Crippen LogP contribution is 2.17. The van der Waals surface area contributed by atoms with Crippen molar-refractivity contribution in [3.63, 3.8) is 0 Å². The van der Waals surface area contributed by atoms with Crippen LogP contribution in [-0.4, -0.2) is 25.1 Å². The smallest absolute Gasteiger partial charge is 0.329 e. The molecule has 0 fully saturated rings. The van der Waals surface area contributed by atoms with E-state index in [1.165, 1.54) is 13.3 Å². The van der Waals surface area contributed by atoms with E-state index < -0.39 is 11.8 Å². The lowest BCUT2D eigenvalue weighted by Gasteiger charge is -2.07. The van der Waals surface area contributed by atoms with Gasteiger partial charge < -0.3 is 14.8 Å². The molecule has 8 heteroatoms. The van der Waals surface area contributed by atoms with Crippen LogP contribution in [0.5, 0.6) is 11.5 Å². The monoisotopic (exact) mass is 437 g/mol. The van der Waals surface area contributed by atoms with E-state index in [1.807, 2.05) is 18.2 Å². The first-order valence-electron chi connectivity index (χ1n) is 9.29. The second-order valence-electron chi connectivity index (χ2n) is 6.37. The van der Waals surface area contributed by atoms with Gasteiger partial charge in [-0.3, -0.25) is 9.59 Å². The first kappa shape index (κ1) is 21.9. The van der Waals surface area contributed by atoms with Crippen molar-refractivity contribution in [3.05, 3.63) is 88.9 Å². The number of halogens is 1. The molecule has 2 N–H and O–H groups in total. The van der Waals surface area contributed by atoms with E-state index in [1.54, 1.807) is 54.6 Å². The van der Waals surface area contributed by atoms with Gasteiger partial charge in [0.05, 0.1) is 13.3 Å². The van der Waals surface area contributed by atoms with Crippen LogP contribution in [0.1, 0.15) is 11.1 Å². The van der Waals surface area contributed by atoms with Crippen LogP contribution in [0.15, 0.2) is 77.9 Å². The number of benzene rings is 3. The van der Waals surface area contributed by atoms with Gasteiger partial charge in [-0.2, -0.15) is 5.10 Å². The Morgan fingerprint density at radius 1 is 0.968 bits per heavy atom. The largest absolute Gasteiger partial charge is 0.497 e. The maximum absolute atomic E-state index is 12.0. The summed E-state index contributed by atoms with van der Waals surface area (Å²) in [6, 6.07) is 21.2. The Morgan fingerprint density at radius 2 is 1.71 bits per heavy atom. The molecule has 0 saturated carbocycles. The van der Waals surface area contributed by atoms with Crippen LogP contribution in [0, 0.1) is 0 Å². The van der Waals surface area contributed by atoms with E-state index >= 15 is 0 Å². The van der Waals surface area contributed by atoms with Crippen LogP contribution >= 0.6 is 11.6 Å². The number of ether oxygens (including phenoxy) is 2. The van der Waals surface area contributed by atoms with Crippen molar-refractivity contribution in [1.29, 1.82) is 0 Å². The lowest BCUT2D eigenvalue weighted by Crippen LogP contribution is -2.32. The lowest BCUT2D eigenvalue weighted by atomic mass is 10.2. The molecular weight excluding hydrogens is 418 g/mol. The Balaban J connectivity index is 1.51. The Hall–Kier alpha value is -3.84. The molecule has 0 spiro atoms. The molecule has 0 unspecified atom stereocenters. The number of hydrogen-bond acceptors (Lipinski definition) is 5. The number of hydrogen-bond donors (Lipinski definition) is 2. The molecule has 0 heterocycles. The summed E-state index contributed by atoms with van der Waals surface area (Å²) in [4.78, 5) is 23.9. The molecule has 158 valence electrons. The summed E-state index contributed by atoms with van der Waals surface area (Å²) < 4.78 is 10.8. The highest BCUT2D eigenvalue weighted by Gasteiger charge is 2.13. The molecule has 0 radical (unpaired) electrons. The molecule has 0 aliphatic heterocycles. The predicted molar refractivity (Wildman–Crippen MR) is 120 cm³/mol. The van der Waals surface area contributed by atoms with E-state index in [4.69, 9.17) is 21.1 Å². The Kier molecular flexibility index (Phi) is 7.61. The van der Waals surface area contributed by atoms with Crippen molar-refractivity contribution in [2.75, 3.05) is 12.4 Å². The molecule has 7 nitrogen and oxygen atoms in total. The van der Waals surface area contributed by atoms with Gasteiger partial charge >= 0.3 is 11.8 Å². The fraction of sp³-hybridized carbons (Fsp3) is 0.0870. The molecule has 3 rings (SSSR count). The standard InChI is InChI=1S/C23H20ClN3O4/c1-30-20-6-3-5-19(13-20)26-22(28)23(29)27-25-14-17-4-2-7-21(12-17)31-15-16-8-10-18(24)11-9-16/h2-14H,15H2,1H3,(H,26,28)(H,27,29)/b25-14+. The summed E-state index contributed by atoms with van der Waals surface area (Å²) in [5.74, 6) is -0.532. The Labute approximate surface area is 184 Å². The van der Waals surface area contributed by atoms with Crippen molar-refractivity contribution in [2.24, 2.45) is 5.10 Å². The third-order valence-corrected chi connectivity index (χ3v) is 4.34. The fourth-order valence-corrected chi connectivity index (χ4v) is 2.66. The molecule has 2 amide bonds. The zero-order valence-corrected chi connectivity index (χ0v) is 17.4. The molecule has 3 aromatic carbocycles. The molecule has 3 aromatic rings. The molecule has 31 heavy (non-hydrogen) atoms. The quantitative estimate of drug-likeness (QED) is 0.332. The number of nitrogens with one attached hydrogen (secondary N) is 2. The SMILES string of the molecule is COc1cccc(NC(=O)C(=O)N/N=C/c2cccc(OCc3ccc(Cl)cc3)c2)c1. The number of rotatable bonds is 7. The Morgan fingerprint density at radius 3 is 2.48 bits per heavy atom. The molecule has 0 aliphatic carbocycles. The highest BCUT2D eigenvalue weighted by molar-refractivity contribution is 6.39. The van der Waals surface area contributed by atoms with Crippen LogP contribution < -0.4 is 20.2 Å². The van der Waals surface area contributed by atoms with E-state index in [0.29, 0.717) is 34.4 Å².